The zero-order valence-electron chi connectivity index (χ0n) is 14.5. The van der Waals surface area contributed by atoms with Gasteiger partial charge in [-0.05, 0) is 24.3 Å². The molecular weight excluding hydrogens is 354 g/mol. The van der Waals surface area contributed by atoms with Crippen molar-refractivity contribution in [2.45, 2.75) is 6.54 Å². The minimum atomic E-state index is -0.556. The van der Waals surface area contributed by atoms with Gasteiger partial charge < -0.3 is 14.1 Å². The molecule has 0 spiro atoms. The number of ether oxygens (including phenoxy) is 1. The topological polar surface area (TPSA) is 117 Å². The number of amides is 1. The second-order valence-corrected chi connectivity index (χ2v) is 5.60. The van der Waals surface area contributed by atoms with Crippen LogP contribution in [0.25, 0.3) is 5.69 Å². The maximum absolute atomic E-state index is 12.9. The molecule has 2 heterocycles. The fourth-order valence-electron chi connectivity index (χ4n) is 2.56. The van der Waals surface area contributed by atoms with Gasteiger partial charge in [-0.3, -0.25) is 14.9 Å². The van der Waals surface area contributed by atoms with Crippen molar-refractivity contribution >= 4 is 11.6 Å². The van der Waals surface area contributed by atoms with Gasteiger partial charge in [-0.15, -0.1) is 0 Å². The SMILES string of the molecule is COCCN(Cc1ccco1)C(=O)c1ccc(-n2cncn2)c([N+](=O)[O-])c1. The molecule has 0 N–H and O–H groups in total. The molecule has 10 nitrogen and oxygen atoms in total. The normalized spacial score (nSPS) is 10.7. The summed E-state index contributed by atoms with van der Waals surface area (Å²) < 4.78 is 11.6. The van der Waals surface area contributed by atoms with Crippen LogP contribution in [0.1, 0.15) is 16.1 Å². The fourth-order valence-corrected chi connectivity index (χ4v) is 2.56. The van der Waals surface area contributed by atoms with Crippen LogP contribution < -0.4 is 0 Å². The summed E-state index contributed by atoms with van der Waals surface area (Å²) in [7, 11) is 1.54. The molecule has 0 saturated carbocycles. The smallest absolute Gasteiger partial charge is 0.295 e. The van der Waals surface area contributed by atoms with Crippen LogP contribution >= 0.6 is 0 Å². The van der Waals surface area contributed by atoms with E-state index in [1.54, 1.807) is 12.1 Å². The number of methoxy groups -OCH3 is 1. The van der Waals surface area contributed by atoms with Crippen LogP contribution in [0, 0.1) is 10.1 Å². The van der Waals surface area contributed by atoms with E-state index >= 15 is 0 Å². The maximum atomic E-state index is 12.9. The Labute approximate surface area is 154 Å². The van der Waals surface area contributed by atoms with E-state index in [9.17, 15) is 14.9 Å². The predicted molar refractivity (Wildman–Crippen MR) is 93.3 cm³/mol. The standard InChI is InChI=1S/C17H17N5O5/c1-26-8-6-20(10-14-3-2-7-27-14)17(23)13-4-5-15(16(9-13)22(24)25)21-12-18-11-19-21/h2-5,7,9,11-12H,6,8,10H2,1H3. The summed E-state index contributed by atoms with van der Waals surface area (Å²) in [6.07, 6.45) is 4.15. The molecule has 2 aromatic heterocycles. The van der Waals surface area contributed by atoms with Crippen LogP contribution in [0.3, 0.4) is 0 Å². The zero-order chi connectivity index (χ0) is 19.2. The highest BCUT2D eigenvalue weighted by Gasteiger charge is 2.23. The van der Waals surface area contributed by atoms with Crippen LogP contribution in [0.4, 0.5) is 5.69 Å². The van der Waals surface area contributed by atoms with E-state index in [-0.39, 0.29) is 29.4 Å². The molecule has 0 aliphatic heterocycles. The molecule has 0 aliphatic carbocycles. The average molecular weight is 371 g/mol. The van der Waals surface area contributed by atoms with Crippen molar-refractivity contribution in [3.05, 3.63) is 70.7 Å². The maximum Gasteiger partial charge on any atom is 0.295 e. The quantitative estimate of drug-likeness (QED) is 0.439. The van der Waals surface area contributed by atoms with Gasteiger partial charge in [0, 0.05) is 25.3 Å². The van der Waals surface area contributed by atoms with Gasteiger partial charge in [0.15, 0.2) is 0 Å². The molecule has 3 aromatic rings. The molecule has 1 aromatic carbocycles. The molecule has 1 amide bonds. The summed E-state index contributed by atoms with van der Waals surface area (Å²) in [4.78, 5) is 29.1. The lowest BCUT2D eigenvalue weighted by molar-refractivity contribution is -0.384. The van der Waals surface area contributed by atoms with E-state index < -0.39 is 4.92 Å². The summed E-state index contributed by atoms with van der Waals surface area (Å²) >= 11 is 0. The molecule has 27 heavy (non-hydrogen) atoms. The van der Waals surface area contributed by atoms with E-state index in [1.807, 2.05) is 0 Å². The van der Waals surface area contributed by atoms with Gasteiger partial charge in [0.05, 0.1) is 24.3 Å². The third-order valence-electron chi connectivity index (χ3n) is 3.86. The Balaban J connectivity index is 1.91. The molecule has 0 atom stereocenters. The van der Waals surface area contributed by atoms with Gasteiger partial charge in [0.1, 0.15) is 24.1 Å². The second kappa shape index (κ2) is 8.23. The Kier molecular flexibility index (Phi) is 5.57. The van der Waals surface area contributed by atoms with Gasteiger partial charge in [-0.25, -0.2) is 9.67 Å². The fraction of sp³-hybridized carbons (Fsp3) is 0.235. The van der Waals surface area contributed by atoms with Crippen molar-refractivity contribution in [3.63, 3.8) is 0 Å². The van der Waals surface area contributed by atoms with Crippen molar-refractivity contribution in [2.75, 3.05) is 20.3 Å². The number of carbonyl (C=O) groups is 1. The average Bonchev–Trinajstić information content (AvgIpc) is 3.38. The number of rotatable bonds is 8. The molecular formula is C17H17N5O5. The monoisotopic (exact) mass is 371 g/mol. The molecule has 0 aliphatic rings. The number of benzene rings is 1. The number of carbonyl (C=O) groups excluding carboxylic acids is 1. The Morgan fingerprint density at radius 1 is 1.41 bits per heavy atom. The molecule has 0 bridgehead atoms. The van der Waals surface area contributed by atoms with Crippen LogP contribution in [0.2, 0.25) is 0 Å². The van der Waals surface area contributed by atoms with Crippen LogP contribution in [0.5, 0.6) is 0 Å². The highest BCUT2D eigenvalue weighted by atomic mass is 16.6. The third kappa shape index (κ3) is 4.18. The van der Waals surface area contributed by atoms with Crippen molar-refractivity contribution in [1.82, 2.24) is 19.7 Å². The zero-order valence-corrected chi connectivity index (χ0v) is 14.5. The highest BCUT2D eigenvalue weighted by Crippen LogP contribution is 2.24. The predicted octanol–water partition coefficient (Wildman–Crippen LogP) is 2.06. The Hall–Kier alpha value is -3.53. The molecule has 10 heteroatoms. The van der Waals surface area contributed by atoms with E-state index in [1.165, 1.54) is 53.8 Å². The number of nitrogens with zero attached hydrogens (tertiary/aromatic N) is 5. The molecule has 0 unspecified atom stereocenters. The van der Waals surface area contributed by atoms with Crippen molar-refractivity contribution in [2.24, 2.45) is 0 Å². The first-order valence-electron chi connectivity index (χ1n) is 8.04. The van der Waals surface area contributed by atoms with Gasteiger partial charge in [0.25, 0.3) is 11.6 Å². The first-order chi connectivity index (χ1) is 13.1. The largest absolute Gasteiger partial charge is 0.467 e. The molecule has 0 radical (unpaired) electrons. The van der Waals surface area contributed by atoms with Crippen LogP contribution in [0.15, 0.2) is 53.7 Å². The summed E-state index contributed by atoms with van der Waals surface area (Å²) in [5, 5.41) is 15.4. The number of hydrogen-bond acceptors (Lipinski definition) is 7. The lowest BCUT2D eigenvalue weighted by Gasteiger charge is -2.21. The van der Waals surface area contributed by atoms with Gasteiger partial charge in [-0.2, -0.15) is 5.10 Å². The summed E-state index contributed by atoms with van der Waals surface area (Å²) in [5.41, 5.74) is 0.174. The summed E-state index contributed by atoms with van der Waals surface area (Å²) in [6, 6.07) is 7.71. The molecule has 140 valence electrons. The molecule has 3 rings (SSSR count). The van der Waals surface area contributed by atoms with Gasteiger partial charge in [0.2, 0.25) is 0 Å². The number of furan rings is 1. The van der Waals surface area contributed by atoms with E-state index in [4.69, 9.17) is 9.15 Å². The van der Waals surface area contributed by atoms with E-state index in [0.717, 1.165) is 0 Å². The second-order valence-electron chi connectivity index (χ2n) is 5.60. The first-order valence-corrected chi connectivity index (χ1v) is 8.04. The van der Waals surface area contributed by atoms with E-state index in [2.05, 4.69) is 10.1 Å². The minimum Gasteiger partial charge on any atom is -0.467 e. The van der Waals surface area contributed by atoms with Crippen molar-refractivity contribution in [3.8, 4) is 5.69 Å². The number of hydrogen-bond donors (Lipinski definition) is 0. The summed E-state index contributed by atoms with van der Waals surface area (Å²) in [5.74, 6) is 0.241. The highest BCUT2D eigenvalue weighted by molar-refractivity contribution is 5.95. The Morgan fingerprint density at radius 3 is 2.89 bits per heavy atom. The number of nitro benzene ring substituents is 1. The summed E-state index contributed by atoms with van der Waals surface area (Å²) in [6.45, 7) is 0.869. The van der Waals surface area contributed by atoms with Crippen molar-refractivity contribution < 1.29 is 18.9 Å². The van der Waals surface area contributed by atoms with Crippen molar-refractivity contribution in [1.29, 1.82) is 0 Å². The van der Waals surface area contributed by atoms with Crippen LogP contribution in [-0.2, 0) is 11.3 Å². The lowest BCUT2D eigenvalue weighted by atomic mass is 10.1. The Bertz CT molecular complexity index is 908. The van der Waals surface area contributed by atoms with Gasteiger partial charge >= 0.3 is 0 Å². The lowest BCUT2D eigenvalue weighted by Crippen LogP contribution is -2.33. The number of aromatic nitrogens is 3. The third-order valence-corrected chi connectivity index (χ3v) is 3.86. The minimum absolute atomic E-state index is 0.188. The van der Waals surface area contributed by atoms with Gasteiger partial charge in [-0.1, -0.05) is 0 Å². The Morgan fingerprint density at radius 2 is 2.26 bits per heavy atom. The molecule has 0 fully saturated rings. The molecule has 0 saturated heterocycles. The first kappa shape index (κ1) is 18.3. The van der Waals surface area contributed by atoms with Crippen LogP contribution in [-0.4, -0.2) is 50.8 Å². The number of nitro groups is 1. The van der Waals surface area contributed by atoms with E-state index in [0.29, 0.717) is 18.9 Å².